The Morgan fingerprint density at radius 1 is 0.895 bits per heavy atom. The number of nitrogens with zero attached hydrogens (tertiary/aromatic N) is 3. The maximum absolute atomic E-state index is 5.84. The molecule has 0 bridgehead atoms. The summed E-state index contributed by atoms with van der Waals surface area (Å²) in [5.41, 5.74) is 6.84. The minimum absolute atomic E-state index is 0.328. The minimum Gasteiger partial charge on any atom is -0.368 e. The summed E-state index contributed by atoms with van der Waals surface area (Å²) >= 11 is 0. The Morgan fingerprint density at radius 2 is 1.63 bits per heavy atom. The summed E-state index contributed by atoms with van der Waals surface area (Å²) in [6, 6.07) is 9.94. The fourth-order valence-electron chi connectivity index (χ4n) is 2.67. The second-order valence-electron chi connectivity index (χ2n) is 5.08. The number of hydrogen-bond acceptors (Lipinski definition) is 4. The van der Waals surface area contributed by atoms with Crippen LogP contribution < -0.4 is 5.73 Å². The van der Waals surface area contributed by atoms with Crippen LogP contribution in [0.3, 0.4) is 0 Å². The van der Waals surface area contributed by atoms with Gasteiger partial charge in [0, 0.05) is 11.5 Å². The van der Waals surface area contributed by atoms with Crippen LogP contribution in [-0.2, 0) is 0 Å². The first kappa shape index (κ1) is 12.1. The molecule has 0 aliphatic heterocycles. The summed E-state index contributed by atoms with van der Waals surface area (Å²) < 4.78 is 0. The third kappa shape index (κ3) is 2.72. The molecule has 1 heterocycles. The molecule has 0 radical (unpaired) electrons. The first-order valence-corrected chi connectivity index (χ1v) is 6.90. The van der Waals surface area contributed by atoms with Crippen LogP contribution in [0.1, 0.15) is 43.8 Å². The van der Waals surface area contributed by atoms with Crippen LogP contribution in [-0.4, -0.2) is 15.0 Å². The number of hydrogen-bond donors (Lipinski definition) is 1. The molecule has 4 heteroatoms. The van der Waals surface area contributed by atoms with E-state index in [1.165, 1.54) is 19.3 Å². The van der Waals surface area contributed by atoms with Gasteiger partial charge in [0.05, 0.1) is 0 Å². The molecule has 1 aliphatic carbocycles. The fourth-order valence-corrected chi connectivity index (χ4v) is 2.67. The SMILES string of the molecule is Nc1nc(-c2ccccc2)nc(C2CCCCC2)n1. The summed E-state index contributed by atoms with van der Waals surface area (Å²) in [5, 5.41) is 0. The van der Waals surface area contributed by atoms with Gasteiger partial charge in [-0.05, 0) is 12.8 Å². The lowest BCUT2D eigenvalue weighted by atomic mass is 9.89. The number of aromatic nitrogens is 3. The van der Waals surface area contributed by atoms with Gasteiger partial charge in [0.25, 0.3) is 0 Å². The van der Waals surface area contributed by atoms with Crippen molar-refractivity contribution in [1.82, 2.24) is 15.0 Å². The van der Waals surface area contributed by atoms with Crippen molar-refractivity contribution in [2.75, 3.05) is 5.73 Å². The first-order chi connectivity index (χ1) is 9.33. The van der Waals surface area contributed by atoms with Crippen molar-refractivity contribution >= 4 is 5.95 Å². The normalized spacial score (nSPS) is 16.4. The van der Waals surface area contributed by atoms with Crippen LogP contribution in [0.4, 0.5) is 5.95 Å². The van der Waals surface area contributed by atoms with Crippen LogP contribution in [0.5, 0.6) is 0 Å². The first-order valence-electron chi connectivity index (χ1n) is 6.90. The molecule has 98 valence electrons. The molecule has 1 aromatic heterocycles. The van der Waals surface area contributed by atoms with E-state index in [9.17, 15) is 0 Å². The Balaban J connectivity index is 1.96. The highest BCUT2D eigenvalue weighted by Crippen LogP contribution is 2.31. The molecule has 0 unspecified atom stereocenters. The zero-order chi connectivity index (χ0) is 13.1. The van der Waals surface area contributed by atoms with Crippen molar-refractivity contribution < 1.29 is 0 Å². The van der Waals surface area contributed by atoms with Crippen LogP contribution in [0.25, 0.3) is 11.4 Å². The molecule has 4 nitrogen and oxygen atoms in total. The third-order valence-corrected chi connectivity index (χ3v) is 3.67. The molecule has 1 aromatic carbocycles. The van der Waals surface area contributed by atoms with E-state index in [1.807, 2.05) is 30.3 Å². The molecule has 2 aromatic rings. The summed E-state index contributed by atoms with van der Waals surface area (Å²) in [4.78, 5) is 13.2. The summed E-state index contributed by atoms with van der Waals surface area (Å²) in [6.07, 6.45) is 6.17. The predicted molar refractivity (Wildman–Crippen MR) is 75.5 cm³/mol. The standard InChI is InChI=1S/C15H18N4/c16-15-18-13(11-7-3-1-4-8-11)17-14(19-15)12-9-5-2-6-10-12/h1,3-4,7-8,12H,2,5-6,9-10H2,(H2,16,17,18,19). The Labute approximate surface area is 113 Å². The van der Waals surface area contributed by atoms with E-state index in [0.717, 1.165) is 24.2 Å². The van der Waals surface area contributed by atoms with E-state index < -0.39 is 0 Å². The van der Waals surface area contributed by atoms with Crippen LogP contribution >= 0.6 is 0 Å². The minimum atomic E-state index is 0.328. The van der Waals surface area contributed by atoms with Gasteiger partial charge in [0.2, 0.25) is 5.95 Å². The van der Waals surface area contributed by atoms with Crippen LogP contribution in [0.2, 0.25) is 0 Å². The van der Waals surface area contributed by atoms with Gasteiger partial charge in [0.15, 0.2) is 5.82 Å². The highest BCUT2D eigenvalue weighted by atomic mass is 15.1. The van der Waals surface area contributed by atoms with E-state index >= 15 is 0 Å². The summed E-state index contributed by atoms with van der Waals surface area (Å²) in [5.74, 6) is 2.33. The van der Waals surface area contributed by atoms with E-state index in [0.29, 0.717) is 17.7 Å². The van der Waals surface area contributed by atoms with E-state index in [2.05, 4.69) is 15.0 Å². The summed E-state index contributed by atoms with van der Waals surface area (Å²) in [7, 11) is 0. The van der Waals surface area contributed by atoms with Crippen LogP contribution in [0.15, 0.2) is 30.3 Å². The molecule has 0 atom stereocenters. The van der Waals surface area contributed by atoms with Gasteiger partial charge in [-0.15, -0.1) is 0 Å². The van der Waals surface area contributed by atoms with Gasteiger partial charge < -0.3 is 5.73 Å². The van der Waals surface area contributed by atoms with E-state index in [-0.39, 0.29) is 0 Å². The van der Waals surface area contributed by atoms with Crippen molar-refractivity contribution in [3.63, 3.8) is 0 Å². The number of anilines is 1. The maximum atomic E-state index is 5.84. The molecular formula is C15H18N4. The largest absolute Gasteiger partial charge is 0.368 e. The molecule has 19 heavy (non-hydrogen) atoms. The number of benzene rings is 1. The second kappa shape index (κ2) is 5.34. The monoisotopic (exact) mass is 254 g/mol. The third-order valence-electron chi connectivity index (χ3n) is 3.67. The molecule has 3 rings (SSSR count). The van der Waals surface area contributed by atoms with Gasteiger partial charge in [-0.2, -0.15) is 9.97 Å². The van der Waals surface area contributed by atoms with Gasteiger partial charge in [-0.3, -0.25) is 0 Å². The lowest BCUT2D eigenvalue weighted by Gasteiger charge is -2.20. The highest BCUT2D eigenvalue weighted by molar-refractivity contribution is 5.55. The zero-order valence-electron chi connectivity index (χ0n) is 10.9. The van der Waals surface area contributed by atoms with Crippen molar-refractivity contribution in [2.24, 2.45) is 0 Å². The number of nitrogens with two attached hydrogens (primary N) is 1. The lowest BCUT2D eigenvalue weighted by Crippen LogP contribution is -2.12. The van der Waals surface area contributed by atoms with E-state index in [4.69, 9.17) is 5.73 Å². The van der Waals surface area contributed by atoms with Crippen LogP contribution in [0, 0.1) is 0 Å². The quantitative estimate of drug-likeness (QED) is 0.894. The van der Waals surface area contributed by atoms with Crippen molar-refractivity contribution in [1.29, 1.82) is 0 Å². The van der Waals surface area contributed by atoms with Crippen molar-refractivity contribution in [3.05, 3.63) is 36.2 Å². The van der Waals surface area contributed by atoms with E-state index in [1.54, 1.807) is 0 Å². The molecule has 1 aliphatic rings. The Morgan fingerprint density at radius 3 is 2.37 bits per heavy atom. The Hall–Kier alpha value is -1.97. The van der Waals surface area contributed by atoms with Gasteiger partial charge in [-0.1, -0.05) is 49.6 Å². The second-order valence-corrected chi connectivity index (χ2v) is 5.08. The molecule has 0 spiro atoms. The molecule has 0 amide bonds. The van der Waals surface area contributed by atoms with Crippen molar-refractivity contribution in [2.45, 2.75) is 38.0 Å². The molecule has 1 fully saturated rings. The van der Waals surface area contributed by atoms with Crippen molar-refractivity contribution in [3.8, 4) is 11.4 Å². The predicted octanol–water partition coefficient (Wildman–Crippen LogP) is 3.17. The lowest BCUT2D eigenvalue weighted by molar-refractivity contribution is 0.428. The zero-order valence-corrected chi connectivity index (χ0v) is 10.9. The average molecular weight is 254 g/mol. The topological polar surface area (TPSA) is 64.7 Å². The molecule has 2 N–H and O–H groups in total. The summed E-state index contributed by atoms with van der Waals surface area (Å²) in [6.45, 7) is 0. The number of nitrogen functional groups attached to an aromatic ring is 1. The Kier molecular flexibility index (Phi) is 3.40. The van der Waals surface area contributed by atoms with Gasteiger partial charge >= 0.3 is 0 Å². The molecule has 0 saturated heterocycles. The van der Waals surface area contributed by atoms with Gasteiger partial charge in [-0.25, -0.2) is 4.98 Å². The molecular weight excluding hydrogens is 236 g/mol. The maximum Gasteiger partial charge on any atom is 0.223 e. The molecule has 1 saturated carbocycles. The van der Waals surface area contributed by atoms with Gasteiger partial charge in [0.1, 0.15) is 5.82 Å². The smallest absolute Gasteiger partial charge is 0.223 e. The number of rotatable bonds is 2. The average Bonchev–Trinajstić information content (AvgIpc) is 2.48. The fraction of sp³-hybridized carbons (Fsp3) is 0.400. The Bertz CT molecular complexity index is 547. The highest BCUT2D eigenvalue weighted by Gasteiger charge is 2.19.